The minimum absolute atomic E-state index is 0.0485. The number of carbonyl (C=O) groups is 1. The van der Waals surface area contributed by atoms with Gasteiger partial charge in [-0.3, -0.25) is 24.5 Å². The van der Waals surface area contributed by atoms with Crippen LogP contribution >= 0.6 is 11.8 Å². The van der Waals surface area contributed by atoms with Gasteiger partial charge >= 0.3 is 5.69 Å². The Kier molecular flexibility index (Phi) is 7.10. The molecule has 1 fully saturated rings. The summed E-state index contributed by atoms with van der Waals surface area (Å²) in [5.41, 5.74) is 4.40. The van der Waals surface area contributed by atoms with Crippen LogP contribution in [0.3, 0.4) is 0 Å². The van der Waals surface area contributed by atoms with Crippen molar-refractivity contribution in [3.05, 3.63) is 86.7 Å². The smallest absolute Gasteiger partial charge is 0.312 e. The molecule has 1 aromatic heterocycles. The minimum atomic E-state index is -0.401. The second-order valence-electron chi connectivity index (χ2n) is 8.17. The summed E-state index contributed by atoms with van der Waals surface area (Å²) in [6.07, 6.45) is 0. The molecular weight excluding hydrogens is 438 g/mol. The van der Waals surface area contributed by atoms with Crippen molar-refractivity contribution in [3.63, 3.8) is 0 Å². The maximum absolute atomic E-state index is 12.7. The lowest BCUT2D eigenvalue weighted by Crippen LogP contribution is -2.31. The van der Waals surface area contributed by atoms with Crippen LogP contribution in [-0.2, 0) is 13.1 Å². The summed E-state index contributed by atoms with van der Waals surface area (Å²) in [7, 11) is 0. The summed E-state index contributed by atoms with van der Waals surface area (Å²) in [4.78, 5) is 26.0. The predicted octanol–water partition coefficient (Wildman–Crippen LogP) is 4.26. The van der Waals surface area contributed by atoms with Gasteiger partial charge in [0.25, 0.3) is 5.91 Å². The Morgan fingerprint density at radius 3 is 2.48 bits per heavy atom. The van der Waals surface area contributed by atoms with E-state index in [1.165, 1.54) is 17.1 Å². The third kappa shape index (κ3) is 5.61. The average Bonchev–Trinajstić information content (AvgIpc) is 3.08. The number of carbonyl (C=O) groups excluding carboxylic acids is 1. The summed E-state index contributed by atoms with van der Waals surface area (Å²) in [6, 6.07) is 15.2. The SMILES string of the molecule is Cc1nn(Cc2ccc(C(=O)Nc3cccc(CN4CCSCC4)c3)cc2)c(C)c1[N+](=O)[O-]. The van der Waals surface area contributed by atoms with E-state index in [4.69, 9.17) is 0 Å². The number of benzene rings is 2. The highest BCUT2D eigenvalue weighted by Crippen LogP contribution is 2.23. The molecule has 2 heterocycles. The molecule has 172 valence electrons. The predicted molar refractivity (Wildman–Crippen MR) is 131 cm³/mol. The number of nitrogens with zero attached hydrogens (tertiary/aromatic N) is 4. The van der Waals surface area contributed by atoms with Crippen LogP contribution in [-0.4, -0.2) is 50.1 Å². The van der Waals surface area contributed by atoms with E-state index in [-0.39, 0.29) is 11.6 Å². The van der Waals surface area contributed by atoms with Gasteiger partial charge < -0.3 is 5.32 Å². The second kappa shape index (κ2) is 10.2. The third-order valence-corrected chi connectivity index (χ3v) is 6.71. The summed E-state index contributed by atoms with van der Waals surface area (Å²) in [5, 5.41) is 18.5. The maximum atomic E-state index is 12.7. The van der Waals surface area contributed by atoms with E-state index >= 15 is 0 Å². The van der Waals surface area contributed by atoms with Crippen LogP contribution in [0, 0.1) is 24.0 Å². The van der Waals surface area contributed by atoms with E-state index in [1.807, 2.05) is 42.1 Å². The number of nitrogens with one attached hydrogen (secondary N) is 1. The van der Waals surface area contributed by atoms with E-state index < -0.39 is 4.92 Å². The average molecular weight is 466 g/mol. The zero-order chi connectivity index (χ0) is 23.4. The molecule has 8 nitrogen and oxygen atoms in total. The van der Waals surface area contributed by atoms with Gasteiger partial charge in [0, 0.05) is 42.4 Å². The number of nitro groups is 1. The van der Waals surface area contributed by atoms with Gasteiger partial charge in [-0.25, -0.2) is 0 Å². The van der Waals surface area contributed by atoms with Crippen LogP contribution in [0.15, 0.2) is 48.5 Å². The Labute approximate surface area is 197 Å². The number of aryl methyl sites for hydroxylation is 1. The molecule has 0 bridgehead atoms. The molecule has 3 aromatic rings. The Balaban J connectivity index is 1.39. The molecule has 4 rings (SSSR count). The molecule has 9 heteroatoms. The van der Waals surface area contributed by atoms with E-state index in [0.29, 0.717) is 23.5 Å². The van der Waals surface area contributed by atoms with E-state index in [0.717, 1.165) is 30.9 Å². The van der Waals surface area contributed by atoms with Gasteiger partial charge in [0.15, 0.2) is 0 Å². The van der Waals surface area contributed by atoms with Crippen molar-refractivity contribution in [2.24, 2.45) is 0 Å². The number of hydrogen-bond acceptors (Lipinski definition) is 6. The molecule has 1 aliphatic rings. The largest absolute Gasteiger partial charge is 0.322 e. The molecule has 0 unspecified atom stereocenters. The zero-order valence-corrected chi connectivity index (χ0v) is 19.6. The molecule has 1 aliphatic heterocycles. The van der Waals surface area contributed by atoms with Crippen molar-refractivity contribution in [3.8, 4) is 0 Å². The highest BCUT2D eigenvalue weighted by Gasteiger charge is 2.21. The fourth-order valence-corrected chi connectivity index (χ4v) is 4.99. The first kappa shape index (κ1) is 23.0. The van der Waals surface area contributed by atoms with Crippen molar-refractivity contribution in [1.82, 2.24) is 14.7 Å². The Hall–Kier alpha value is -3.17. The summed E-state index contributed by atoms with van der Waals surface area (Å²) >= 11 is 1.99. The zero-order valence-electron chi connectivity index (χ0n) is 18.8. The lowest BCUT2D eigenvalue weighted by atomic mass is 10.1. The van der Waals surface area contributed by atoms with Crippen molar-refractivity contribution >= 4 is 29.0 Å². The van der Waals surface area contributed by atoms with Gasteiger partial charge in [0.05, 0.1) is 11.5 Å². The molecule has 33 heavy (non-hydrogen) atoms. The molecule has 0 radical (unpaired) electrons. The van der Waals surface area contributed by atoms with Crippen molar-refractivity contribution in [2.45, 2.75) is 26.9 Å². The molecular formula is C24H27N5O3S. The molecule has 2 aromatic carbocycles. The molecule has 0 saturated carbocycles. The van der Waals surface area contributed by atoms with E-state index in [2.05, 4.69) is 21.4 Å². The van der Waals surface area contributed by atoms with E-state index in [1.54, 1.807) is 30.7 Å². The number of thioether (sulfide) groups is 1. The lowest BCUT2D eigenvalue weighted by Gasteiger charge is -2.26. The van der Waals surface area contributed by atoms with Gasteiger partial charge in [-0.1, -0.05) is 24.3 Å². The quantitative estimate of drug-likeness (QED) is 0.414. The lowest BCUT2D eigenvalue weighted by molar-refractivity contribution is -0.386. The first-order valence-electron chi connectivity index (χ1n) is 10.9. The third-order valence-electron chi connectivity index (χ3n) is 5.77. The highest BCUT2D eigenvalue weighted by molar-refractivity contribution is 7.99. The van der Waals surface area contributed by atoms with Crippen LogP contribution in [0.1, 0.15) is 32.9 Å². The van der Waals surface area contributed by atoms with Crippen LogP contribution in [0.25, 0.3) is 0 Å². The molecule has 1 N–H and O–H groups in total. The fourth-order valence-electron chi connectivity index (χ4n) is 4.01. The van der Waals surface area contributed by atoms with Gasteiger partial charge in [-0.2, -0.15) is 16.9 Å². The van der Waals surface area contributed by atoms with Gasteiger partial charge in [-0.05, 0) is 49.2 Å². The maximum Gasteiger partial charge on any atom is 0.312 e. The van der Waals surface area contributed by atoms with Crippen molar-refractivity contribution in [2.75, 3.05) is 29.9 Å². The Morgan fingerprint density at radius 1 is 1.09 bits per heavy atom. The fraction of sp³-hybridized carbons (Fsp3) is 0.333. The van der Waals surface area contributed by atoms with E-state index in [9.17, 15) is 14.9 Å². The summed E-state index contributed by atoms with van der Waals surface area (Å²) < 4.78 is 1.62. The monoisotopic (exact) mass is 465 g/mol. The first-order chi connectivity index (χ1) is 15.9. The Bertz CT molecular complexity index is 1150. The molecule has 0 atom stereocenters. The number of amides is 1. The number of rotatable bonds is 7. The Morgan fingerprint density at radius 2 is 1.82 bits per heavy atom. The second-order valence-corrected chi connectivity index (χ2v) is 9.40. The molecule has 0 aliphatic carbocycles. The van der Waals surface area contributed by atoms with Crippen molar-refractivity contribution in [1.29, 1.82) is 0 Å². The number of hydrogen-bond donors (Lipinski definition) is 1. The number of aromatic nitrogens is 2. The van der Waals surface area contributed by atoms with Crippen LogP contribution in [0.4, 0.5) is 11.4 Å². The molecule has 1 amide bonds. The van der Waals surface area contributed by atoms with Gasteiger partial charge in [0.1, 0.15) is 11.4 Å². The number of anilines is 1. The van der Waals surface area contributed by atoms with Crippen LogP contribution < -0.4 is 5.32 Å². The van der Waals surface area contributed by atoms with Gasteiger partial charge in [0.2, 0.25) is 0 Å². The summed E-state index contributed by atoms with van der Waals surface area (Å²) in [6.45, 7) is 6.81. The minimum Gasteiger partial charge on any atom is -0.322 e. The first-order valence-corrected chi connectivity index (χ1v) is 12.0. The topological polar surface area (TPSA) is 93.3 Å². The normalized spacial score (nSPS) is 14.2. The standard InChI is InChI=1S/C24H27N5O3S/c1-17-23(29(31)32)18(2)28(26-17)16-19-6-8-21(9-7-19)24(30)25-22-5-3-4-20(14-22)15-27-10-12-33-13-11-27/h3-9,14H,10-13,15-16H2,1-2H3,(H,25,30). The van der Waals surface area contributed by atoms with Crippen LogP contribution in [0.2, 0.25) is 0 Å². The van der Waals surface area contributed by atoms with Crippen LogP contribution in [0.5, 0.6) is 0 Å². The highest BCUT2D eigenvalue weighted by atomic mass is 32.2. The summed E-state index contributed by atoms with van der Waals surface area (Å²) in [5.74, 6) is 2.17. The molecule has 1 saturated heterocycles. The molecule has 0 spiro atoms. The van der Waals surface area contributed by atoms with Gasteiger partial charge in [-0.15, -0.1) is 0 Å². The van der Waals surface area contributed by atoms with Crippen molar-refractivity contribution < 1.29 is 9.72 Å².